The van der Waals surface area contributed by atoms with Crippen molar-refractivity contribution in [2.75, 3.05) is 0 Å². The van der Waals surface area contributed by atoms with Crippen LogP contribution in [-0.4, -0.2) is 10.9 Å². The van der Waals surface area contributed by atoms with Crippen molar-refractivity contribution < 1.29 is 18.0 Å². The van der Waals surface area contributed by atoms with Crippen molar-refractivity contribution in [3.63, 3.8) is 0 Å². The molecule has 0 aliphatic carbocycles. The molecule has 0 saturated carbocycles. The minimum Gasteiger partial charge on any atom is -0.347 e. The molecule has 0 aliphatic heterocycles. The molecule has 0 fully saturated rings. The van der Waals surface area contributed by atoms with Crippen LogP contribution in [0.15, 0.2) is 60.1 Å². The Bertz CT molecular complexity index is 859. The van der Waals surface area contributed by atoms with Crippen molar-refractivity contribution in [1.82, 2.24) is 10.3 Å². The Kier molecular flexibility index (Phi) is 4.85. The number of nitrogens with zero attached hydrogens (tertiary/aromatic N) is 1. The molecule has 25 heavy (non-hydrogen) atoms. The van der Waals surface area contributed by atoms with E-state index in [-0.39, 0.29) is 11.6 Å². The quantitative estimate of drug-likeness (QED) is 0.727. The Hall–Kier alpha value is -2.67. The van der Waals surface area contributed by atoms with Gasteiger partial charge in [0.25, 0.3) is 5.91 Å². The topological polar surface area (TPSA) is 42.0 Å². The number of aromatic nitrogens is 1. The van der Waals surface area contributed by atoms with E-state index in [1.54, 1.807) is 35.6 Å². The summed E-state index contributed by atoms with van der Waals surface area (Å²) in [6.07, 6.45) is -3.29. The van der Waals surface area contributed by atoms with Gasteiger partial charge in [-0.25, -0.2) is 0 Å². The summed E-state index contributed by atoms with van der Waals surface area (Å²) >= 11 is 1.55. The van der Waals surface area contributed by atoms with E-state index < -0.39 is 11.7 Å². The Morgan fingerprint density at radius 3 is 2.52 bits per heavy atom. The van der Waals surface area contributed by atoms with Crippen molar-refractivity contribution >= 4 is 17.2 Å². The van der Waals surface area contributed by atoms with E-state index in [4.69, 9.17) is 0 Å². The second kappa shape index (κ2) is 7.06. The highest BCUT2D eigenvalue weighted by molar-refractivity contribution is 7.09. The third-order valence-electron chi connectivity index (χ3n) is 3.53. The first-order chi connectivity index (χ1) is 11.9. The third kappa shape index (κ3) is 4.24. The average Bonchev–Trinajstić information content (AvgIpc) is 3.13. The van der Waals surface area contributed by atoms with E-state index >= 15 is 0 Å². The zero-order valence-electron chi connectivity index (χ0n) is 12.9. The first-order valence-corrected chi connectivity index (χ1v) is 8.26. The lowest BCUT2D eigenvalue weighted by molar-refractivity contribution is -0.137. The minimum atomic E-state index is -4.42. The molecule has 3 rings (SSSR count). The number of alkyl halides is 3. The number of carbonyl (C=O) groups excluding carboxylic acids is 1. The van der Waals surface area contributed by atoms with Gasteiger partial charge >= 0.3 is 6.18 Å². The number of hydrogen-bond donors (Lipinski definition) is 1. The summed E-state index contributed by atoms with van der Waals surface area (Å²) < 4.78 is 38.3. The molecule has 0 unspecified atom stereocenters. The zero-order chi connectivity index (χ0) is 17.9. The standard InChI is InChI=1S/C18H13F3N2OS/c19-18(20,21)14-7-8-22-16(10-14)12-3-5-13(6-4-12)17(24)23-11-15-2-1-9-25-15/h1-10H,11H2,(H,23,24). The number of carbonyl (C=O) groups is 1. The van der Waals surface area contributed by atoms with E-state index in [0.29, 0.717) is 17.7 Å². The highest BCUT2D eigenvalue weighted by Gasteiger charge is 2.30. The summed E-state index contributed by atoms with van der Waals surface area (Å²) in [5.74, 6) is -0.239. The summed E-state index contributed by atoms with van der Waals surface area (Å²) in [4.78, 5) is 17.1. The van der Waals surface area contributed by atoms with E-state index in [1.807, 2.05) is 17.5 Å². The van der Waals surface area contributed by atoms with E-state index in [2.05, 4.69) is 10.3 Å². The number of amides is 1. The molecule has 1 aromatic carbocycles. The number of thiophene rings is 1. The Balaban J connectivity index is 1.73. The highest BCUT2D eigenvalue weighted by Crippen LogP contribution is 2.31. The van der Waals surface area contributed by atoms with Gasteiger partial charge in [0, 0.05) is 22.2 Å². The van der Waals surface area contributed by atoms with Crippen molar-refractivity contribution in [3.05, 3.63) is 76.1 Å². The van der Waals surface area contributed by atoms with Crippen LogP contribution in [-0.2, 0) is 12.7 Å². The molecule has 3 aromatic rings. The number of rotatable bonds is 4. The maximum atomic E-state index is 12.8. The fraction of sp³-hybridized carbons (Fsp3) is 0.111. The molecule has 1 N–H and O–H groups in total. The molecular weight excluding hydrogens is 349 g/mol. The third-order valence-corrected chi connectivity index (χ3v) is 4.41. The maximum absolute atomic E-state index is 12.8. The van der Waals surface area contributed by atoms with Crippen LogP contribution in [0.1, 0.15) is 20.8 Å². The lowest BCUT2D eigenvalue weighted by Gasteiger charge is -2.09. The van der Waals surface area contributed by atoms with Gasteiger partial charge in [-0.15, -0.1) is 11.3 Å². The number of benzene rings is 1. The molecule has 0 bridgehead atoms. The van der Waals surface area contributed by atoms with E-state index in [0.717, 1.165) is 23.2 Å². The molecular formula is C18H13F3N2OS. The normalized spacial score (nSPS) is 11.3. The second-order valence-electron chi connectivity index (χ2n) is 5.27. The van der Waals surface area contributed by atoms with Crippen LogP contribution in [0.2, 0.25) is 0 Å². The van der Waals surface area contributed by atoms with Gasteiger partial charge < -0.3 is 5.32 Å². The number of halogens is 3. The Labute approximate surface area is 146 Å². The molecule has 3 nitrogen and oxygen atoms in total. The average molecular weight is 362 g/mol. The largest absolute Gasteiger partial charge is 0.416 e. The lowest BCUT2D eigenvalue weighted by Crippen LogP contribution is -2.22. The molecule has 0 spiro atoms. The molecule has 0 radical (unpaired) electrons. The van der Waals surface area contributed by atoms with Crippen LogP contribution in [0.4, 0.5) is 13.2 Å². The fourth-order valence-corrected chi connectivity index (χ4v) is 2.88. The summed E-state index contributed by atoms with van der Waals surface area (Å²) in [5, 5.41) is 4.73. The minimum absolute atomic E-state index is 0.209. The molecule has 7 heteroatoms. The summed E-state index contributed by atoms with van der Waals surface area (Å²) in [6, 6.07) is 12.1. The van der Waals surface area contributed by atoms with Crippen LogP contribution >= 0.6 is 11.3 Å². The van der Waals surface area contributed by atoms with E-state index in [9.17, 15) is 18.0 Å². The van der Waals surface area contributed by atoms with Crippen molar-refractivity contribution in [2.45, 2.75) is 12.7 Å². The molecule has 2 aromatic heterocycles. The van der Waals surface area contributed by atoms with Crippen LogP contribution < -0.4 is 5.32 Å². The molecule has 2 heterocycles. The van der Waals surface area contributed by atoms with Gasteiger partial charge in [0.15, 0.2) is 0 Å². The summed E-state index contributed by atoms with van der Waals surface area (Å²) in [5.41, 5.74) is 0.406. The molecule has 0 atom stereocenters. The number of nitrogens with one attached hydrogen (secondary N) is 1. The fourth-order valence-electron chi connectivity index (χ4n) is 2.24. The second-order valence-corrected chi connectivity index (χ2v) is 6.30. The molecule has 1 amide bonds. The van der Waals surface area contributed by atoms with Gasteiger partial charge in [0.1, 0.15) is 0 Å². The van der Waals surface area contributed by atoms with Gasteiger partial charge in [0.2, 0.25) is 0 Å². The predicted molar refractivity (Wildman–Crippen MR) is 90.2 cm³/mol. The summed E-state index contributed by atoms with van der Waals surface area (Å²) in [7, 11) is 0. The predicted octanol–water partition coefficient (Wildman–Crippen LogP) is 4.76. The highest BCUT2D eigenvalue weighted by atomic mass is 32.1. The Morgan fingerprint density at radius 2 is 1.88 bits per heavy atom. The molecule has 128 valence electrons. The van der Waals surface area contributed by atoms with Crippen molar-refractivity contribution in [3.8, 4) is 11.3 Å². The maximum Gasteiger partial charge on any atom is 0.416 e. The van der Waals surface area contributed by atoms with Gasteiger partial charge in [0.05, 0.1) is 17.8 Å². The van der Waals surface area contributed by atoms with Crippen molar-refractivity contribution in [1.29, 1.82) is 0 Å². The van der Waals surface area contributed by atoms with Gasteiger partial charge in [-0.3, -0.25) is 9.78 Å². The Morgan fingerprint density at radius 1 is 1.12 bits per heavy atom. The van der Waals surface area contributed by atoms with Gasteiger partial charge in [-0.1, -0.05) is 18.2 Å². The number of hydrogen-bond acceptors (Lipinski definition) is 3. The molecule has 0 aliphatic rings. The SMILES string of the molecule is O=C(NCc1cccs1)c1ccc(-c2cc(C(F)(F)F)ccn2)cc1. The van der Waals surface area contributed by atoms with Gasteiger partial charge in [-0.05, 0) is 35.7 Å². The summed E-state index contributed by atoms with van der Waals surface area (Å²) in [6.45, 7) is 0.438. The van der Waals surface area contributed by atoms with Crippen molar-refractivity contribution in [2.24, 2.45) is 0 Å². The smallest absolute Gasteiger partial charge is 0.347 e. The first-order valence-electron chi connectivity index (χ1n) is 7.38. The van der Waals surface area contributed by atoms with Crippen LogP contribution in [0.25, 0.3) is 11.3 Å². The lowest BCUT2D eigenvalue weighted by atomic mass is 10.1. The van der Waals surface area contributed by atoms with E-state index in [1.165, 1.54) is 0 Å². The first kappa shape index (κ1) is 17.2. The number of pyridine rings is 1. The monoisotopic (exact) mass is 362 g/mol. The molecule has 0 saturated heterocycles. The van der Waals surface area contributed by atoms with Crippen LogP contribution in [0, 0.1) is 0 Å². The van der Waals surface area contributed by atoms with Crippen LogP contribution in [0.5, 0.6) is 0 Å². The van der Waals surface area contributed by atoms with Crippen LogP contribution in [0.3, 0.4) is 0 Å². The van der Waals surface area contributed by atoms with Gasteiger partial charge in [-0.2, -0.15) is 13.2 Å². The zero-order valence-corrected chi connectivity index (χ0v) is 13.7.